The number of benzene rings is 1. The number of carbonyl (C=O) groups is 1. The van der Waals surface area contributed by atoms with Crippen LogP contribution in [-0.2, 0) is 11.2 Å². The maximum Gasteiger partial charge on any atom is 0.255 e. The minimum Gasteiger partial charge on any atom is -0.326 e. The fourth-order valence-electron chi connectivity index (χ4n) is 2.76. The van der Waals surface area contributed by atoms with Crippen LogP contribution in [0, 0.1) is 20.8 Å². The molecule has 0 saturated heterocycles. The number of hydrogen-bond acceptors (Lipinski definition) is 5. The number of aromatic nitrogens is 4. The number of hydrogen-bond donors (Lipinski definition) is 2. The summed E-state index contributed by atoms with van der Waals surface area (Å²) in [6.45, 7) is 5.62. The predicted molar refractivity (Wildman–Crippen MR) is 98.9 cm³/mol. The highest BCUT2D eigenvalue weighted by Gasteiger charge is 2.14. The number of nitrogens with one attached hydrogen (secondary N) is 2. The van der Waals surface area contributed by atoms with Crippen LogP contribution in [-0.4, -0.2) is 25.8 Å². The fraction of sp³-hybridized carbons (Fsp3) is 0.211. The lowest BCUT2D eigenvalue weighted by atomic mass is 10.1. The summed E-state index contributed by atoms with van der Waals surface area (Å²) in [6.07, 6.45) is 3.09. The molecular formula is C19H19N5O2. The number of nitrogens with zero attached hydrogens (tertiary/aromatic N) is 3. The first-order valence-corrected chi connectivity index (χ1v) is 8.17. The van der Waals surface area contributed by atoms with E-state index in [4.69, 9.17) is 0 Å². The molecule has 0 fully saturated rings. The quantitative estimate of drug-likeness (QED) is 0.753. The summed E-state index contributed by atoms with van der Waals surface area (Å²) in [5.41, 5.74) is 3.27. The van der Waals surface area contributed by atoms with Gasteiger partial charge in [0.2, 0.25) is 5.91 Å². The van der Waals surface area contributed by atoms with E-state index in [2.05, 4.69) is 25.3 Å². The topological polar surface area (TPSA) is 101 Å². The zero-order valence-electron chi connectivity index (χ0n) is 14.8. The van der Waals surface area contributed by atoms with Crippen molar-refractivity contribution in [2.45, 2.75) is 27.2 Å². The van der Waals surface area contributed by atoms with Gasteiger partial charge in [-0.3, -0.25) is 9.59 Å². The van der Waals surface area contributed by atoms with E-state index < -0.39 is 0 Å². The second kappa shape index (κ2) is 7.26. The highest BCUT2D eigenvalue weighted by Crippen LogP contribution is 2.14. The van der Waals surface area contributed by atoms with Gasteiger partial charge in [0.05, 0.1) is 6.42 Å². The van der Waals surface area contributed by atoms with Gasteiger partial charge >= 0.3 is 0 Å². The number of aryl methyl sites for hydroxylation is 3. The summed E-state index contributed by atoms with van der Waals surface area (Å²) >= 11 is 0. The molecule has 0 aliphatic carbocycles. The molecular weight excluding hydrogens is 330 g/mol. The Morgan fingerprint density at radius 1 is 1.08 bits per heavy atom. The van der Waals surface area contributed by atoms with Gasteiger partial charge in [0.25, 0.3) is 5.56 Å². The Bertz CT molecular complexity index is 992. The summed E-state index contributed by atoms with van der Waals surface area (Å²) < 4.78 is 0. The highest BCUT2D eigenvalue weighted by atomic mass is 16.2. The molecule has 132 valence electrons. The molecule has 2 N–H and O–H groups in total. The second-order valence-electron chi connectivity index (χ2n) is 6.15. The minimum atomic E-state index is -0.365. The molecule has 26 heavy (non-hydrogen) atoms. The molecule has 0 aliphatic heterocycles. The van der Waals surface area contributed by atoms with Gasteiger partial charge in [-0.2, -0.15) is 0 Å². The molecule has 0 atom stereocenters. The van der Waals surface area contributed by atoms with Gasteiger partial charge in [-0.25, -0.2) is 15.0 Å². The summed E-state index contributed by atoms with van der Waals surface area (Å²) in [6, 6.07) is 7.48. The maximum absolute atomic E-state index is 12.4. The smallest absolute Gasteiger partial charge is 0.255 e. The average molecular weight is 349 g/mol. The number of aromatic amines is 1. The van der Waals surface area contributed by atoms with Crippen LogP contribution in [0.2, 0.25) is 0 Å². The third-order valence-electron chi connectivity index (χ3n) is 3.84. The summed E-state index contributed by atoms with van der Waals surface area (Å²) in [7, 11) is 0. The Morgan fingerprint density at radius 3 is 2.35 bits per heavy atom. The molecule has 3 aromatic rings. The molecule has 3 rings (SSSR count). The second-order valence-corrected chi connectivity index (χ2v) is 6.15. The van der Waals surface area contributed by atoms with Gasteiger partial charge in [0, 0.05) is 29.3 Å². The first-order valence-electron chi connectivity index (χ1n) is 8.17. The largest absolute Gasteiger partial charge is 0.326 e. The zero-order chi connectivity index (χ0) is 18.7. The molecule has 2 aromatic heterocycles. The molecule has 7 nitrogen and oxygen atoms in total. The molecule has 0 saturated carbocycles. The van der Waals surface area contributed by atoms with Crippen LogP contribution in [0.5, 0.6) is 0 Å². The van der Waals surface area contributed by atoms with Crippen LogP contribution in [0.4, 0.5) is 5.69 Å². The fourth-order valence-corrected chi connectivity index (χ4v) is 2.76. The Kier molecular flexibility index (Phi) is 4.88. The SMILES string of the molecule is Cc1cc(C)cc(NC(=O)Cc2c(C)nc(-c3ncccn3)[nH]c2=O)c1. The molecule has 2 heterocycles. The van der Waals surface area contributed by atoms with Crippen molar-refractivity contribution in [3.63, 3.8) is 0 Å². The zero-order valence-corrected chi connectivity index (χ0v) is 14.8. The van der Waals surface area contributed by atoms with Crippen molar-refractivity contribution in [2.24, 2.45) is 0 Å². The molecule has 0 spiro atoms. The lowest BCUT2D eigenvalue weighted by Crippen LogP contribution is -2.24. The van der Waals surface area contributed by atoms with Crippen molar-refractivity contribution in [2.75, 3.05) is 5.32 Å². The van der Waals surface area contributed by atoms with Crippen molar-refractivity contribution in [3.05, 3.63) is 69.4 Å². The van der Waals surface area contributed by atoms with Crippen LogP contribution in [0.15, 0.2) is 41.5 Å². The standard InChI is InChI=1S/C19H19N5O2/c1-11-7-12(2)9-14(8-11)23-16(25)10-15-13(3)22-18(24-19(15)26)17-20-5-4-6-21-17/h4-9H,10H2,1-3H3,(H,23,25)(H,22,24,26). The number of carbonyl (C=O) groups excluding carboxylic acids is 1. The molecule has 0 unspecified atom stereocenters. The monoisotopic (exact) mass is 349 g/mol. The summed E-state index contributed by atoms with van der Waals surface area (Å²) in [5.74, 6) is 0.347. The van der Waals surface area contributed by atoms with E-state index in [-0.39, 0.29) is 23.7 Å². The Hall–Kier alpha value is -3.35. The lowest BCUT2D eigenvalue weighted by molar-refractivity contribution is -0.115. The van der Waals surface area contributed by atoms with E-state index in [0.717, 1.165) is 11.1 Å². The number of anilines is 1. The van der Waals surface area contributed by atoms with Gasteiger partial charge < -0.3 is 10.3 Å². The third kappa shape index (κ3) is 4.00. The van der Waals surface area contributed by atoms with E-state index in [1.54, 1.807) is 25.4 Å². The van der Waals surface area contributed by atoms with E-state index in [1.807, 2.05) is 32.0 Å². The third-order valence-corrected chi connectivity index (χ3v) is 3.84. The molecule has 0 aliphatic rings. The molecule has 1 amide bonds. The van der Waals surface area contributed by atoms with Crippen molar-refractivity contribution >= 4 is 11.6 Å². The van der Waals surface area contributed by atoms with Gasteiger partial charge in [0.1, 0.15) is 0 Å². The van der Waals surface area contributed by atoms with Crippen molar-refractivity contribution in [3.8, 4) is 11.6 Å². The summed E-state index contributed by atoms with van der Waals surface area (Å²) in [5, 5.41) is 2.83. The van der Waals surface area contributed by atoms with E-state index >= 15 is 0 Å². The van der Waals surface area contributed by atoms with Gasteiger partial charge in [0.15, 0.2) is 11.6 Å². The first kappa shape index (κ1) is 17.5. The van der Waals surface area contributed by atoms with Crippen LogP contribution in [0.3, 0.4) is 0 Å². The van der Waals surface area contributed by atoms with Crippen LogP contribution in [0.1, 0.15) is 22.4 Å². The Labute approximate surface area is 150 Å². The van der Waals surface area contributed by atoms with Crippen molar-refractivity contribution in [1.29, 1.82) is 0 Å². The Balaban J connectivity index is 1.81. The normalized spacial score (nSPS) is 10.6. The van der Waals surface area contributed by atoms with Gasteiger partial charge in [-0.1, -0.05) is 6.07 Å². The van der Waals surface area contributed by atoms with Crippen LogP contribution in [0.25, 0.3) is 11.6 Å². The Morgan fingerprint density at radius 2 is 1.73 bits per heavy atom. The van der Waals surface area contributed by atoms with E-state index in [9.17, 15) is 9.59 Å². The first-order chi connectivity index (χ1) is 12.4. The molecule has 0 bridgehead atoms. The average Bonchev–Trinajstić information content (AvgIpc) is 2.58. The van der Waals surface area contributed by atoms with Crippen LogP contribution < -0.4 is 10.9 Å². The molecule has 0 radical (unpaired) electrons. The maximum atomic E-state index is 12.4. The number of amides is 1. The predicted octanol–water partition coefficient (Wildman–Crippen LogP) is 2.33. The highest BCUT2D eigenvalue weighted by molar-refractivity contribution is 5.92. The van der Waals surface area contributed by atoms with E-state index in [1.165, 1.54) is 0 Å². The van der Waals surface area contributed by atoms with Crippen molar-refractivity contribution in [1.82, 2.24) is 19.9 Å². The van der Waals surface area contributed by atoms with Crippen LogP contribution >= 0.6 is 0 Å². The summed E-state index contributed by atoms with van der Waals surface area (Å²) in [4.78, 5) is 39.9. The number of H-pyrrole nitrogens is 1. The van der Waals surface area contributed by atoms with Gasteiger partial charge in [-0.15, -0.1) is 0 Å². The van der Waals surface area contributed by atoms with E-state index in [0.29, 0.717) is 22.8 Å². The minimum absolute atomic E-state index is 0.0584. The van der Waals surface area contributed by atoms with Crippen molar-refractivity contribution < 1.29 is 4.79 Å². The van der Waals surface area contributed by atoms with Gasteiger partial charge in [-0.05, 0) is 50.1 Å². The number of rotatable bonds is 4. The molecule has 7 heteroatoms. The molecule has 1 aromatic carbocycles. The lowest BCUT2D eigenvalue weighted by Gasteiger charge is -2.09.